The molecule has 0 bridgehead atoms. The van der Waals surface area contributed by atoms with E-state index in [0.717, 1.165) is 17.8 Å². The predicted molar refractivity (Wildman–Crippen MR) is 96.7 cm³/mol. The zero-order valence-corrected chi connectivity index (χ0v) is 14.9. The molecule has 5 nitrogen and oxygen atoms in total. The molecule has 1 aromatic rings. The normalized spacial score (nSPS) is 25.9. The quantitative estimate of drug-likeness (QED) is 0.823. The first-order valence-corrected chi connectivity index (χ1v) is 8.76. The minimum absolute atomic E-state index is 0.558. The van der Waals surface area contributed by atoms with Gasteiger partial charge in [-0.25, -0.2) is 9.59 Å². The topological polar surface area (TPSA) is 77.8 Å². The molecule has 1 aromatic carbocycles. The smallest absolute Gasteiger partial charge is 0.328 e. The number of hydrogen-bond acceptors (Lipinski definition) is 3. The first-order chi connectivity index (χ1) is 11.9. The number of benzene rings is 1. The summed E-state index contributed by atoms with van der Waals surface area (Å²) in [6.45, 7) is 4.85. The summed E-state index contributed by atoms with van der Waals surface area (Å²) in [7, 11) is 2.28. The molecule has 1 saturated heterocycles. The molecule has 25 heavy (non-hydrogen) atoms. The van der Waals surface area contributed by atoms with Gasteiger partial charge >= 0.3 is 11.9 Å². The fraction of sp³-hybridized carbons (Fsp3) is 0.500. The van der Waals surface area contributed by atoms with Crippen molar-refractivity contribution in [1.82, 2.24) is 4.90 Å². The molecule has 2 aliphatic rings. The summed E-state index contributed by atoms with van der Waals surface area (Å²) in [6.07, 6.45) is 5.40. The van der Waals surface area contributed by atoms with E-state index in [1.807, 2.05) is 0 Å². The Balaban J connectivity index is 0.000000242. The average molecular weight is 345 g/mol. The lowest BCUT2D eigenvalue weighted by atomic mass is 9.71. The Morgan fingerprint density at radius 2 is 1.80 bits per heavy atom. The van der Waals surface area contributed by atoms with E-state index in [2.05, 4.69) is 43.1 Å². The maximum Gasteiger partial charge on any atom is 0.328 e. The van der Waals surface area contributed by atoms with Crippen LogP contribution in [0.5, 0.6) is 0 Å². The molecule has 1 heterocycles. The van der Waals surface area contributed by atoms with Crippen LogP contribution in [0.3, 0.4) is 0 Å². The van der Waals surface area contributed by atoms with Crippen molar-refractivity contribution in [2.45, 2.75) is 32.1 Å². The number of rotatable bonds is 3. The van der Waals surface area contributed by atoms with Gasteiger partial charge < -0.3 is 15.1 Å². The zero-order valence-electron chi connectivity index (χ0n) is 14.9. The predicted octanol–water partition coefficient (Wildman–Crippen LogP) is 3.15. The molecule has 2 fully saturated rings. The maximum atomic E-state index is 9.55. The molecule has 3 rings (SSSR count). The van der Waals surface area contributed by atoms with Crippen LogP contribution in [-0.2, 0) is 9.59 Å². The Bertz CT molecular complexity index is 624. The highest BCUT2D eigenvalue weighted by Crippen LogP contribution is 2.44. The summed E-state index contributed by atoms with van der Waals surface area (Å²) in [5.41, 5.74) is 3.01. The Morgan fingerprint density at radius 3 is 2.40 bits per heavy atom. The number of aliphatic carboxylic acids is 2. The molecule has 2 N–H and O–H groups in total. The zero-order chi connectivity index (χ0) is 18.4. The van der Waals surface area contributed by atoms with E-state index in [9.17, 15) is 9.59 Å². The monoisotopic (exact) mass is 345 g/mol. The first kappa shape index (κ1) is 19.2. The number of carbonyl (C=O) groups is 2. The number of carboxylic acids is 2. The standard InChI is InChI=1S/C16H23N.C4H4O4/c1-12-5-3-6-13(9-12)15-8-4-7-14-10-17(2)11-16(14)15;5-3(6)1-2-4(7)8/h3,5-6,9,14-16H,4,7-8,10-11H2,1-2H3;1-2H,(H,5,6)(H,7,8)/b;2-1+. The molecule has 3 atom stereocenters. The van der Waals surface area contributed by atoms with Crippen molar-refractivity contribution in [3.63, 3.8) is 0 Å². The molecule has 3 unspecified atom stereocenters. The van der Waals surface area contributed by atoms with Crippen LogP contribution in [0, 0.1) is 18.8 Å². The highest BCUT2D eigenvalue weighted by molar-refractivity contribution is 5.89. The summed E-state index contributed by atoms with van der Waals surface area (Å²) < 4.78 is 0. The third-order valence-electron chi connectivity index (χ3n) is 5.12. The van der Waals surface area contributed by atoms with Crippen LogP contribution in [0.25, 0.3) is 0 Å². The second-order valence-electron chi connectivity index (χ2n) is 7.11. The van der Waals surface area contributed by atoms with Crippen molar-refractivity contribution in [3.8, 4) is 0 Å². The van der Waals surface area contributed by atoms with E-state index < -0.39 is 11.9 Å². The van der Waals surface area contributed by atoms with Crippen molar-refractivity contribution in [1.29, 1.82) is 0 Å². The van der Waals surface area contributed by atoms with Crippen LogP contribution in [0.1, 0.15) is 36.3 Å². The average Bonchev–Trinajstić information content (AvgIpc) is 2.93. The summed E-state index contributed by atoms with van der Waals surface area (Å²) in [4.78, 5) is 21.6. The molecule has 5 heteroatoms. The number of fused-ring (bicyclic) bond motifs is 1. The van der Waals surface area contributed by atoms with Gasteiger partial charge in [0.2, 0.25) is 0 Å². The number of likely N-dealkylation sites (tertiary alicyclic amines) is 1. The first-order valence-electron chi connectivity index (χ1n) is 8.76. The van der Waals surface area contributed by atoms with Crippen molar-refractivity contribution in [2.75, 3.05) is 20.1 Å². The maximum absolute atomic E-state index is 9.55. The Kier molecular flexibility index (Phi) is 6.76. The van der Waals surface area contributed by atoms with Gasteiger partial charge in [-0.1, -0.05) is 36.2 Å². The summed E-state index contributed by atoms with van der Waals surface area (Å²) in [5.74, 6) is 0.174. The fourth-order valence-corrected chi connectivity index (χ4v) is 4.15. The fourth-order valence-electron chi connectivity index (χ4n) is 4.15. The van der Waals surface area contributed by atoms with Crippen LogP contribution in [0.15, 0.2) is 36.4 Å². The van der Waals surface area contributed by atoms with Crippen LogP contribution in [-0.4, -0.2) is 47.2 Å². The summed E-state index contributed by atoms with van der Waals surface area (Å²) >= 11 is 0. The van der Waals surface area contributed by atoms with Gasteiger partial charge in [0.1, 0.15) is 0 Å². The van der Waals surface area contributed by atoms with Gasteiger partial charge in [-0.2, -0.15) is 0 Å². The summed E-state index contributed by atoms with van der Waals surface area (Å²) in [5, 5.41) is 15.6. The van der Waals surface area contributed by atoms with Crippen LogP contribution in [0.2, 0.25) is 0 Å². The van der Waals surface area contributed by atoms with Gasteiger partial charge in [-0.15, -0.1) is 0 Å². The van der Waals surface area contributed by atoms with Crippen molar-refractivity contribution in [2.24, 2.45) is 11.8 Å². The molecular weight excluding hydrogens is 318 g/mol. The van der Waals surface area contributed by atoms with E-state index in [-0.39, 0.29) is 0 Å². The third kappa shape index (κ3) is 5.71. The van der Waals surface area contributed by atoms with Crippen molar-refractivity contribution < 1.29 is 19.8 Å². The van der Waals surface area contributed by atoms with E-state index in [0.29, 0.717) is 12.2 Å². The molecule has 136 valence electrons. The van der Waals surface area contributed by atoms with Gasteiger partial charge in [-0.05, 0) is 50.1 Å². The molecule has 0 aromatic heterocycles. The Hall–Kier alpha value is -2.14. The molecule has 0 amide bonds. The van der Waals surface area contributed by atoms with Gasteiger partial charge in [0.05, 0.1) is 0 Å². The van der Waals surface area contributed by atoms with E-state index in [1.54, 1.807) is 5.56 Å². The number of aryl methyl sites for hydroxylation is 1. The van der Waals surface area contributed by atoms with E-state index in [4.69, 9.17) is 10.2 Å². The van der Waals surface area contributed by atoms with Gasteiger partial charge in [0, 0.05) is 25.2 Å². The van der Waals surface area contributed by atoms with Crippen LogP contribution < -0.4 is 0 Å². The highest BCUT2D eigenvalue weighted by atomic mass is 16.4. The van der Waals surface area contributed by atoms with Crippen LogP contribution >= 0.6 is 0 Å². The lowest BCUT2D eigenvalue weighted by Crippen LogP contribution is -2.25. The highest BCUT2D eigenvalue weighted by Gasteiger charge is 2.39. The molecule has 1 aliphatic carbocycles. The third-order valence-corrected chi connectivity index (χ3v) is 5.12. The van der Waals surface area contributed by atoms with Gasteiger partial charge in [0.15, 0.2) is 0 Å². The molecule has 1 aliphatic heterocycles. The summed E-state index contributed by atoms with van der Waals surface area (Å²) in [6, 6.07) is 9.20. The molecule has 0 spiro atoms. The molecule has 1 saturated carbocycles. The number of hydrogen-bond donors (Lipinski definition) is 2. The minimum Gasteiger partial charge on any atom is -0.478 e. The lowest BCUT2D eigenvalue weighted by molar-refractivity contribution is -0.134. The van der Waals surface area contributed by atoms with Crippen molar-refractivity contribution in [3.05, 3.63) is 47.5 Å². The molecule has 0 radical (unpaired) electrons. The second-order valence-corrected chi connectivity index (χ2v) is 7.11. The van der Waals surface area contributed by atoms with E-state index in [1.165, 1.54) is 37.9 Å². The SMILES string of the molecule is Cc1cccc(C2CCCC3CN(C)CC32)c1.O=C(O)/C=C/C(=O)O. The second kappa shape index (κ2) is 8.81. The lowest BCUT2D eigenvalue weighted by Gasteiger charge is -2.33. The molecular formula is C20H27NO4. The Labute approximate surface area is 149 Å². The van der Waals surface area contributed by atoms with Gasteiger partial charge in [-0.3, -0.25) is 0 Å². The van der Waals surface area contributed by atoms with E-state index >= 15 is 0 Å². The Morgan fingerprint density at radius 1 is 1.12 bits per heavy atom. The number of carboxylic acid groups (broad SMARTS) is 2. The van der Waals surface area contributed by atoms with Crippen LogP contribution in [0.4, 0.5) is 0 Å². The van der Waals surface area contributed by atoms with Gasteiger partial charge in [0.25, 0.3) is 0 Å². The van der Waals surface area contributed by atoms with Crippen molar-refractivity contribution >= 4 is 11.9 Å². The minimum atomic E-state index is -1.26. The largest absolute Gasteiger partial charge is 0.478 e. The number of nitrogens with zero attached hydrogens (tertiary/aromatic N) is 1.